The Labute approximate surface area is 86.3 Å². The van der Waals surface area contributed by atoms with Crippen LogP contribution >= 0.6 is 0 Å². The van der Waals surface area contributed by atoms with Crippen molar-refractivity contribution in [1.82, 2.24) is 10.2 Å². The van der Waals surface area contributed by atoms with Crippen LogP contribution in [0, 0.1) is 0 Å². The Hall–Kier alpha value is -1.62. The summed E-state index contributed by atoms with van der Waals surface area (Å²) in [5.41, 5.74) is 0. The fourth-order valence-corrected chi connectivity index (χ4v) is 1.10. The summed E-state index contributed by atoms with van der Waals surface area (Å²) in [6, 6.07) is 9.40. The van der Waals surface area contributed by atoms with Crippen LogP contribution in [0.4, 0.5) is 0 Å². The first kappa shape index (κ1) is 8.96. The van der Waals surface area contributed by atoms with Crippen molar-refractivity contribution in [1.29, 1.82) is 0 Å². The van der Waals surface area contributed by atoms with Gasteiger partial charge in [0.2, 0.25) is 0 Å². The molecule has 0 spiro atoms. The zero-order valence-corrected chi connectivity index (χ0v) is 8.03. The van der Waals surface area contributed by atoms with Crippen LogP contribution in [-0.4, -0.2) is 10.2 Å². The Bertz CT molecular complexity index is 402. The maximum absolute atomic E-state index is 5.36. The molecule has 72 valence electrons. The number of hydrogen-bond acceptors (Lipinski definition) is 5. The molecule has 0 unspecified atom stereocenters. The topological polar surface area (TPSA) is 48.2 Å². The maximum Gasteiger partial charge on any atom is 0.251 e. The largest absolute Gasteiger partial charge is 0.719 e. The molecule has 4 nitrogen and oxygen atoms in total. The van der Waals surface area contributed by atoms with E-state index in [1.165, 1.54) is 0 Å². The molecule has 0 N–H and O–H groups in total. The minimum Gasteiger partial charge on any atom is -0.719 e. The second-order valence-electron chi connectivity index (χ2n) is 2.56. The molecule has 0 atom stereocenters. The maximum atomic E-state index is 5.36. The van der Waals surface area contributed by atoms with E-state index < -0.39 is 0 Å². The van der Waals surface area contributed by atoms with E-state index >= 15 is 0 Å². The average molecular weight is 207 g/mol. The van der Waals surface area contributed by atoms with Crippen LogP contribution in [-0.2, 0) is 19.2 Å². The Morgan fingerprint density at radius 1 is 1.21 bits per heavy atom. The first-order chi connectivity index (χ1) is 6.84. The molecule has 0 saturated carbocycles. The van der Waals surface area contributed by atoms with Gasteiger partial charge in [-0.3, -0.25) is 0 Å². The monoisotopic (exact) mass is 207 g/mol. The van der Waals surface area contributed by atoms with Crippen molar-refractivity contribution in [2.24, 2.45) is 0 Å². The lowest BCUT2D eigenvalue weighted by Crippen LogP contribution is -1.95. The van der Waals surface area contributed by atoms with Crippen LogP contribution in [0.15, 0.2) is 40.0 Å². The standard InChI is InChI=1S/C9H8N2O2S/c14-9-11-10-8(13-9)6-12-7-4-2-1-3-5-7/h1-5H,6H2,(H,11,14)/p-1. The molecule has 14 heavy (non-hydrogen) atoms. The normalized spacial score (nSPS) is 10.0. The molecular formula is C9H7N2O2S-. The minimum atomic E-state index is 0.136. The summed E-state index contributed by atoms with van der Waals surface area (Å²) in [5.74, 6) is 1.15. The highest BCUT2D eigenvalue weighted by atomic mass is 32.1. The number of ether oxygens (including phenoxy) is 1. The van der Waals surface area contributed by atoms with E-state index in [4.69, 9.17) is 9.15 Å². The summed E-state index contributed by atoms with van der Waals surface area (Å²) in [6.07, 6.45) is 0. The molecule has 1 aromatic carbocycles. The highest BCUT2D eigenvalue weighted by Crippen LogP contribution is 2.10. The summed E-state index contributed by atoms with van der Waals surface area (Å²) in [4.78, 5) is 0. The third kappa shape index (κ3) is 2.20. The van der Waals surface area contributed by atoms with E-state index in [0.29, 0.717) is 5.89 Å². The Kier molecular flexibility index (Phi) is 2.60. The molecule has 1 aromatic heterocycles. The van der Waals surface area contributed by atoms with Gasteiger partial charge in [0.15, 0.2) is 6.61 Å². The van der Waals surface area contributed by atoms with E-state index in [-0.39, 0.29) is 11.8 Å². The van der Waals surface area contributed by atoms with Gasteiger partial charge >= 0.3 is 0 Å². The van der Waals surface area contributed by atoms with E-state index in [2.05, 4.69) is 22.8 Å². The van der Waals surface area contributed by atoms with Crippen LogP contribution in [0.5, 0.6) is 5.75 Å². The molecule has 5 heteroatoms. The van der Waals surface area contributed by atoms with E-state index in [1.54, 1.807) is 0 Å². The number of rotatable bonds is 3. The van der Waals surface area contributed by atoms with Crippen molar-refractivity contribution < 1.29 is 9.15 Å². The lowest BCUT2D eigenvalue weighted by atomic mass is 10.3. The van der Waals surface area contributed by atoms with Crippen molar-refractivity contribution in [3.63, 3.8) is 0 Å². The molecule has 0 aliphatic carbocycles. The predicted molar refractivity (Wildman–Crippen MR) is 50.7 cm³/mol. The molecule has 0 amide bonds. The summed E-state index contributed by atoms with van der Waals surface area (Å²) < 4.78 is 10.3. The molecule has 0 fully saturated rings. The van der Waals surface area contributed by atoms with E-state index in [9.17, 15) is 0 Å². The molecule has 0 aliphatic heterocycles. The van der Waals surface area contributed by atoms with Gasteiger partial charge in [-0.1, -0.05) is 18.2 Å². The van der Waals surface area contributed by atoms with Crippen LogP contribution in [0.25, 0.3) is 0 Å². The van der Waals surface area contributed by atoms with Crippen molar-refractivity contribution in [3.05, 3.63) is 36.2 Å². The van der Waals surface area contributed by atoms with Crippen molar-refractivity contribution in [2.75, 3.05) is 0 Å². The van der Waals surface area contributed by atoms with Crippen molar-refractivity contribution in [2.45, 2.75) is 11.8 Å². The minimum absolute atomic E-state index is 0.136. The molecule has 2 aromatic rings. The third-order valence-corrected chi connectivity index (χ3v) is 1.72. The van der Waals surface area contributed by atoms with Gasteiger partial charge in [0.25, 0.3) is 5.89 Å². The lowest BCUT2D eigenvalue weighted by Gasteiger charge is -2.01. The molecule has 0 aliphatic rings. The SMILES string of the molecule is [S-]c1nnc(COc2ccccc2)o1. The van der Waals surface area contributed by atoms with Gasteiger partial charge in [-0.2, -0.15) is 0 Å². The Balaban J connectivity index is 1.95. The summed E-state index contributed by atoms with van der Waals surface area (Å²) in [5, 5.41) is 7.37. The summed E-state index contributed by atoms with van der Waals surface area (Å²) >= 11 is 4.67. The Morgan fingerprint density at radius 3 is 2.64 bits per heavy atom. The van der Waals surface area contributed by atoms with Crippen molar-refractivity contribution in [3.8, 4) is 5.75 Å². The quantitative estimate of drug-likeness (QED) is 0.715. The van der Waals surface area contributed by atoms with E-state index in [1.807, 2.05) is 30.3 Å². The van der Waals surface area contributed by atoms with Crippen molar-refractivity contribution >= 4 is 12.6 Å². The molecule has 0 bridgehead atoms. The summed E-state index contributed by atoms with van der Waals surface area (Å²) in [7, 11) is 0. The Morgan fingerprint density at radius 2 is 2.00 bits per heavy atom. The predicted octanol–water partition coefficient (Wildman–Crippen LogP) is 1.55. The number of benzene rings is 1. The van der Waals surface area contributed by atoms with Gasteiger partial charge < -0.3 is 21.8 Å². The number of nitrogens with zero attached hydrogens (tertiary/aromatic N) is 2. The van der Waals surface area contributed by atoms with Crippen LogP contribution in [0.1, 0.15) is 5.89 Å². The van der Waals surface area contributed by atoms with Gasteiger partial charge in [0.1, 0.15) is 5.75 Å². The number of aromatic nitrogens is 2. The van der Waals surface area contributed by atoms with Crippen LogP contribution in [0.3, 0.4) is 0 Å². The second-order valence-corrected chi connectivity index (χ2v) is 2.91. The van der Waals surface area contributed by atoms with Crippen LogP contribution in [0.2, 0.25) is 0 Å². The molecular weight excluding hydrogens is 200 g/mol. The highest BCUT2D eigenvalue weighted by molar-refractivity contribution is 7.58. The highest BCUT2D eigenvalue weighted by Gasteiger charge is 1.99. The summed E-state index contributed by atoms with van der Waals surface area (Å²) in [6.45, 7) is 0.244. The van der Waals surface area contributed by atoms with Crippen LogP contribution < -0.4 is 4.74 Å². The smallest absolute Gasteiger partial charge is 0.251 e. The van der Waals surface area contributed by atoms with Gasteiger partial charge in [-0.05, 0) is 12.1 Å². The molecule has 0 radical (unpaired) electrons. The zero-order chi connectivity index (χ0) is 9.80. The van der Waals surface area contributed by atoms with Gasteiger partial charge in [-0.15, -0.1) is 10.2 Å². The van der Waals surface area contributed by atoms with E-state index in [0.717, 1.165) is 5.75 Å². The first-order valence-corrected chi connectivity index (χ1v) is 4.42. The first-order valence-electron chi connectivity index (χ1n) is 4.02. The average Bonchev–Trinajstić information content (AvgIpc) is 2.63. The fourth-order valence-electron chi connectivity index (χ4n) is 0.958. The zero-order valence-electron chi connectivity index (χ0n) is 7.21. The molecule has 2 rings (SSSR count). The van der Waals surface area contributed by atoms with Gasteiger partial charge in [0, 0.05) is 0 Å². The fraction of sp³-hybridized carbons (Fsp3) is 0.111. The van der Waals surface area contributed by atoms with Gasteiger partial charge in [-0.25, -0.2) is 0 Å². The lowest BCUT2D eigenvalue weighted by molar-refractivity contribution is 0.252. The third-order valence-electron chi connectivity index (χ3n) is 1.55. The number of hydrogen-bond donors (Lipinski definition) is 0. The second kappa shape index (κ2) is 4.06. The molecule has 1 heterocycles. The number of para-hydroxylation sites is 1. The van der Waals surface area contributed by atoms with Gasteiger partial charge in [0.05, 0.1) is 5.22 Å². The molecule has 0 saturated heterocycles.